The molecule has 0 unspecified atom stereocenters. The molecule has 0 radical (unpaired) electrons. The average Bonchev–Trinajstić information content (AvgIpc) is 2.72. The number of carbonyl (C=O) groups excluding carboxylic acids is 1. The third-order valence-electron chi connectivity index (χ3n) is 4.56. The van der Waals surface area contributed by atoms with Crippen molar-refractivity contribution in [2.75, 3.05) is 11.1 Å². The van der Waals surface area contributed by atoms with Crippen LogP contribution in [0.15, 0.2) is 60.8 Å². The van der Waals surface area contributed by atoms with Gasteiger partial charge in [0.1, 0.15) is 11.6 Å². The molecule has 0 bridgehead atoms. The summed E-state index contributed by atoms with van der Waals surface area (Å²) >= 11 is 0. The molecule has 0 aliphatic rings. The maximum absolute atomic E-state index is 13.7. The molecule has 0 fully saturated rings. The first-order valence-corrected chi connectivity index (χ1v) is 9.27. The topological polar surface area (TPSA) is 80.0 Å². The highest BCUT2D eigenvalue weighted by Crippen LogP contribution is 2.22. The van der Waals surface area contributed by atoms with Gasteiger partial charge in [-0.15, -0.1) is 0 Å². The Balaban J connectivity index is 1.67. The summed E-state index contributed by atoms with van der Waals surface area (Å²) in [6, 6.07) is 15.3. The zero-order chi connectivity index (χ0) is 20.8. The van der Waals surface area contributed by atoms with Gasteiger partial charge in [0, 0.05) is 11.6 Å². The van der Waals surface area contributed by atoms with Crippen LogP contribution in [0.4, 0.5) is 20.2 Å². The summed E-state index contributed by atoms with van der Waals surface area (Å²) in [5.74, 6) is -1.70. The number of aromatic nitrogens is 1. The van der Waals surface area contributed by atoms with E-state index in [1.165, 1.54) is 0 Å². The second-order valence-electron chi connectivity index (χ2n) is 6.58. The van der Waals surface area contributed by atoms with E-state index < -0.39 is 11.6 Å². The fraction of sp³-hybridized carbons (Fsp3) is 0.182. The van der Waals surface area contributed by atoms with Crippen molar-refractivity contribution in [3.05, 3.63) is 89.2 Å². The number of amides is 1. The molecule has 1 amide bonds. The Morgan fingerprint density at radius 2 is 1.90 bits per heavy atom. The van der Waals surface area contributed by atoms with Crippen molar-refractivity contribution in [1.29, 1.82) is 0 Å². The molecular weight excluding hydrogens is 374 g/mol. The molecule has 2 aromatic carbocycles. The van der Waals surface area contributed by atoms with Gasteiger partial charge in [-0.25, -0.2) is 8.78 Å². The van der Waals surface area contributed by atoms with Crippen LogP contribution in [0.3, 0.4) is 0 Å². The van der Waals surface area contributed by atoms with E-state index in [0.717, 1.165) is 24.2 Å². The van der Waals surface area contributed by atoms with Crippen molar-refractivity contribution in [3.8, 4) is 0 Å². The van der Waals surface area contributed by atoms with E-state index in [9.17, 15) is 13.6 Å². The Hall–Kier alpha value is -3.48. The number of anilines is 2. The van der Waals surface area contributed by atoms with Crippen molar-refractivity contribution in [2.45, 2.75) is 25.9 Å². The van der Waals surface area contributed by atoms with Crippen molar-refractivity contribution in [3.63, 3.8) is 0 Å². The Labute approximate surface area is 168 Å². The number of rotatable bonds is 7. The first-order valence-electron chi connectivity index (χ1n) is 9.27. The molecule has 150 valence electrons. The maximum atomic E-state index is 13.7. The van der Waals surface area contributed by atoms with E-state index >= 15 is 0 Å². The van der Waals surface area contributed by atoms with E-state index in [4.69, 9.17) is 5.73 Å². The van der Waals surface area contributed by atoms with Gasteiger partial charge < -0.3 is 16.4 Å². The number of carbonyl (C=O) groups is 1. The lowest BCUT2D eigenvalue weighted by atomic mass is 10.0. The third-order valence-corrected chi connectivity index (χ3v) is 4.56. The number of nitrogens with two attached hydrogens (primary N) is 1. The Morgan fingerprint density at radius 3 is 2.55 bits per heavy atom. The summed E-state index contributed by atoms with van der Waals surface area (Å²) in [6.45, 7) is 2.04. The Kier molecular flexibility index (Phi) is 6.39. The second kappa shape index (κ2) is 9.14. The second-order valence-corrected chi connectivity index (χ2v) is 6.58. The summed E-state index contributed by atoms with van der Waals surface area (Å²) in [6.07, 6.45) is 1.70. The van der Waals surface area contributed by atoms with Crippen LogP contribution in [0.1, 0.15) is 41.0 Å². The molecule has 0 saturated carbocycles. The standard InChI is InChI=1S/C22H22F2N4O/c1-2-19(14-6-4-3-5-7-14)28-22(29)15-8-9-20(18(25)10-15)27-13-21-17(24)11-16(23)12-26-21/h3-12,19,27H,2,13,25H2,1H3,(H,28,29)/t19-/m1/s1. The zero-order valence-electron chi connectivity index (χ0n) is 16.0. The van der Waals surface area contributed by atoms with Gasteiger partial charge in [0.15, 0.2) is 0 Å². The molecule has 0 spiro atoms. The van der Waals surface area contributed by atoms with Crippen molar-refractivity contribution in [2.24, 2.45) is 0 Å². The summed E-state index contributed by atoms with van der Waals surface area (Å²) in [5.41, 5.74) is 8.44. The molecule has 3 aromatic rings. The number of hydrogen-bond donors (Lipinski definition) is 3. The fourth-order valence-corrected chi connectivity index (χ4v) is 2.96. The van der Waals surface area contributed by atoms with E-state index in [1.807, 2.05) is 37.3 Å². The van der Waals surface area contributed by atoms with Crippen molar-refractivity contribution >= 4 is 17.3 Å². The van der Waals surface area contributed by atoms with Gasteiger partial charge >= 0.3 is 0 Å². The minimum Gasteiger partial charge on any atom is -0.397 e. The molecule has 0 aliphatic carbocycles. The van der Waals surface area contributed by atoms with Gasteiger partial charge in [-0.1, -0.05) is 37.3 Å². The minimum atomic E-state index is -0.737. The van der Waals surface area contributed by atoms with Gasteiger partial charge in [-0.3, -0.25) is 9.78 Å². The summed E-state index contributed by atoms with van der Waals surface area (Å²) < 4.78 is 26.6. The molecule has 0 aliphatic heterocycles. The summed E-state index contributed by atoms with van der Waals surface area (Å²) in [4.78, 5) is 16.3. The SMILES string of the molecule is CC[C@@H](NC(=O)c1ccc(NCc2ncc(F)cc2F)c(N)c1)c1ccccc1. The van der Waals surface area contributed by atoms with Gasteiger partial charge in [0.25, 0.3) is 5.91 Å². The van der Waals surface area contributed by atoms with Crippen LogP contribution in [-0.2, 0) is 6.54 Å². The molecule has 3 rings (SSSR count). The summed E-state index contributed by atoms with van der Waals surface area (Å²) in [5, 5.41) is 5.96. The lowest BCUT2D eigenvalue weighted by Gasteiger charge is -2.18. The van der Waals surface area contributed by atoms with Gasteiger partial charge in [-0.05, 0) is 30.2 Å². The monoisotopic (exact) mass is 396 g/mol. The summed E-state index contributed by atoms with van der Waals surface area (Å²) in [7, 11) is 0. The van der Waals surface area contributed by atoms with E-state index in [2.05, 4.69) is 15.6 Å². The number of hydrogen-bond acceptors (Lipinski definition) is 4. The van der Waals surface area contributed by atoms with Crippen LogP contribution in [0.2, 0.25) is 0 Å². The number of benzene rings is 2. The van der Waals surface area contributed by atoms with Gasteiger partial charge in [0.2, 0.25) is 0 Å². The molecule has 5 nitrogen and oxygen atoms in total. The molecule has 1 heterocycles. The van der Waals surface area contributed by atoms with E-state index in [1.54, 1.807) is 18.2 Å². The quantitative estimate of drug-likeness (QED) is 0.516. The highest BCUT2D eigenvalue weighted by atomic mass is 19.1. The van der Waals surface area contributed by atoms with Crippen LogP contribution < -0.4 is 16.4 Å². The maximum Gasteiger partial charge on any atom is 0.251 e. The van der Waals surface area contributed by atoms with E-state index in [-0.39, 0.29) is 24.2 Å². The number of nitrogens with one attached hydrogen (secondary N) is 2. The predicted octanol–water partition coefficient (Wildman–Crippen LogP) is 4.44. The van der Waals surface area contributed by atoms with Gasteiger partial charge in [-0.2, -0.15) is 0 Å². The van der Waals surface area contributed by atoms with Crippen molar-refractivity contribution in [1.82, 2.24) is 10.3 Å². The normalized spacial score (nSPS) is 11.7. The molecule has 29 heavy (non-hydrogen) atoms. The number of halogens is 2. The Bertz CT molecular complexity index is 995. The van der Waals surface area contributed by atoms with Gasteiger partial charge in [0.05, 0.1) is 35.9 Å². The smallest absolute Gasteiger partial charge is 0.251 e. The first-order chi connectivity index (χ1) is 14.0. The van der Waals surface area contributed by atoms with Crippen LogP contribution in [0.25, 0.3) is 0 Å². The number of pyridine rings is 1. The van der Waals surface area contributed by atoms with Crippen LogP contribution in [-0.4, -0.2) is 10.9 Å². The average molecular weight is 396 g/mol. The largest absolute Gasteiger partial charge is 0.397 e. The number of nitrogen functional groups attached to an aromatic ring is 1. The van der Waals surface area contributed by atoms with Crippen LogP contribution in [0.5, 0.6) is 0 Å². The molecule has 1 aromatic heterocycles. The van der Waals surface area contributed by atoms with E-state index in [0.29, 0.717) is 16.9 Å². The molecule has 7 heteroatoms. The zero-order valence-corrected chi connectivity index (χ0v) is 16.0. The molecular formula is C22H22F2N4O. The predicted molar refractivity (Wildman–Crippen MR) is 109 cm³/mol. The van der Waals surface area contributed by atoms with Crippen LogP contribution in [0, 0.1) is 11.6 Å². The minimum absolute atomic E-state index is 0.0355. The molecule has 1 atom stereocenters. The fourth-order valence-electron chi connectivity index (χ4n) is 2.96. The Morgan fingerprint density at radius 1 is 1.14 bits per heavy atom. The lowest BCUT2D eigenvalue weighted by Crippen LogP contribution is -2.28. The van der Waals surface area contributed by atoms with Crippen LogP contribution >= 0.6 is 0 Å². The lowest BCUT2D eigenvalue weighted by molar-refractivity contribution is 0.0935. The first kappa shape index (κ1) is 20.3. The number of nitrogens with zero attached hydrogens (tertiary/aromatic N) is 1. The molecule has 0 saturated heterocycles. The highest BCUT2D eigenvalue weighted by Gasteiger charge is 2.15. The van der Waals surface area contributed by atoms with Crippen molar-refractivity contribution < 1.29 is 13.6 Å². The third kappa shape index (κ3) is 5.07. The highest BCUT2D eigenvalue weighted by molar-refractivity contribution is 5.96. The molecule has 4 N–H and O–H groups in total.